The quantitative estimate of drug-likeness (QED) is 0.410. The Balaban J connectivity index is 1.68. The van der Waals surface area contributed by atoms with E-state index >= 15 is 0 Å². The predicted octanol–water partition coefficient (Wildman–Crippen LogP) is 5.29. The van der Waals surface area contributed by atoms with E-state index in [1.807, 2.05) is 49.4 Å². The third-order valence-electron chi connectivity index (χ3n) is 5.34. The van der Waals surface area contributed by atoms with Crippen molar-refractivity contribution >= 4 is 13.4 Å². The minimum Gasteiger partial charge on any atom is -0.457 e. The van der Waals surface area contributed by atoms with E-state index in [-0.39, 0.29) is 0 Å². The normalized spacial score (nSPS) is 11.3. The summed E-state index contributed by atoms with van der Waals surface area (Å²) in [5.74, 6) is 1.43. The second kappa shape index (κ2) is 8.77. The molecule has 2 radical (unpaired) electrons. The third-order valence-corrected chi connectivity index (χ3v) is 5.34. The number of para-hydroxylation sites is 1. The van der Waals surface area contributed by atoms with Crippen LogP contribution < -0.4 is 10.3 Å². The molecule has 4 aromatic rings. The van der Waals surface area contributed by atoms with E-state index in [1.165, 1.54) is 11.1 Å². The third kappa shape index (κ3) is 5.03. The summed E-state index contributed by atoms with van der Waals surface area (Å²) in [5, 5.41) is 0. The Bertz CT molecular complexity index is 1080. The van der Waals surface area contributed by atoms with Crippen LogP contribution >= 0.6 is 0 Å². The zero-order valence-corrected chi connectivity index (χ0v) is 18.2. The van der Waals surface area contributed by atoms with Gasteiger partial charge >= 0.3 is 0 Å². The summed E-state index contributed by atoms with van der Waals surface area (Å²) in [7, 11) is 6.14. The van der Waals surface area contributed by atoms with Gasteiger partial charge in [0.2, 0.25) is 0 Å². The summed E-state index contributed by atoms with van der Waals surface area (Å²) in [5.41, 5.74) is 5.25. The van der Waals surface area contributed by atoms with Gasteiger partial charge in [-0.15, -0.1) is 0 Å². The lowest BCUT2D eigenvalue weighted by Gasteiger charge is -2.26. The molecule has 2 aromatic heterocycles. The van der Waals surface area contributed by atoms with Crippen LogP contribution in [0.15, 0.2) is 84.9 Å². The number of rotatable bonds is 6. The van der Waals surface area contributed by atoms with Crippen molar-refractivity contribution in [2.24, 2.45) is 0 Å². The van der Waals surface area contributed by atoms with Crippen molar-refractivity contribution < 1.29 is 4.74 Å². The highest BCUT2D eigenvalue weighted by molar-refractivity contribution is 6.30. The maximum Gasteiger partial charge on any atom is 0.141 e. The van der Waals surface area contributed by atoms with Gasteiger partial charge < -0.3 is 4.74 Å². The van der Waals surface area contributed by atoms with Crippen molar-refractivity contribution in [3.05, 3.63) is 113 Å². The Hall–Kier alpha value is -3.40. The Morgan fingerprint density at radius 3 is 2.10 bits per heavy atom. The summed E-state index contributed by atoms with van der Waals surface area (Å²) in [6.45, 7) is 6.27. The highest BCUT2D eigenvalue weighted by Crippen LogP contribution is 2.32. The molecule has 0 N–H and O–H groups in total. The van der Waals surface area contributed by atoms with Gasteiger partial charge in [-0.3, -0.25) is 9.97 Å². The minimum absolute atomic E-state index is 0.425. The average molecular weight is 404 g/mol. The summed E-state index contributed by atoms with van der Waals surface area (Å²) in [4.78, 5) is 9.47. The van der Waals surface area contributed by atoms with Crippen LogP contribution in [0.2, 0.25) is 0 Å². The van der Waals surface area contributed by atoms with E-state index in [1.54, 1.807) is 6.07 Å². The molecule has 0 aliphatic heterocycles. The Kier molecular flexibility index (Phi) is 5.90. The van der Waals surface area contributed by atoms with Crippen LogP contribution in [-0.2, 0) is 11.8 Å². The average Bonchev–Trinajstić information content (AvgIpc) is 2.74. The van der Waals surface area contributed by atoms with E-state index in [9.17, 15) is 0 Å². The number of aromatic nitrogens is 2. The summed E-state index contributed by atoms with van der Waals surface area (Å²) >= 11 is 0. The number of ether oxygens (including phenoxy) is 1. The monoisotopic (exact) mass is 404 g/mol. The molecule has 0 saturated carbocycles. The zero-order valence-electron chi connectivity index (χ0n) is 18.2. The number of aryl methyl sites for hydroxylation is 1. The van der Waals surface area contributed by atoms with E-state index in [0.717, 1.165) is 29.3 Å². The molecule has 0 amide bonds. The summed E-state index contributed by atoms with van der Waals surface area (Å²) in [6, 6.07) is 28.1. The maximum absolute atomic E-state index is 6.14. The SMILES string of the molecule is [B]c1cc(Oc2ccccc2)cc(C(C)(C)c2cc(Cc3ccccc3)cc(C)n2)n1. The first kappa shape index (κ1) is 20.9. The molecule has 2 aromatic carbocycles. The van der Waals surface area contributed by atoms with Crippen LogP contribution in [0.5, 0.6) is 11.5 Å². The molecule has 0 spiro atoms. The van der Waals surface area contributed by atoms with Crippen molar-refractivity contribution in [2.45, 2.75) is 32.6 Å². The molecule has 0 aliphatic rings. The molecule has 4 heteroatoms. The molecule has 4 rings (SSSR count). The van der Waals surface area contributed by atoms with Gasteiger partial charge in [0.25, 0.3) is 0 Å². The van der Waals surface area contributed by atoms with Crippen LogP contribution in [0.1, 0.15) is 42.1 Å². The number of nitrogens with zero attached hydrogens (tertiary/aromatic N) is 2. The lowest BCUT2D eigenvalue weighted by molar-refractivity contribution is 0.478. The summed E-state index contributed by atoms with van der Waals surface area (Å²) in [6.07, 6.45) is 0.861. The highest BCUT2D eigenvalue weighted by Gasteiger charge is 2.28. The van der Waals surface area contributed by atoms with Gasteiger partial charge in [-0.25, -0.2) is 0 Å². The first-order chi connectivity index (χ1) is 14.9. The van der Waals surface area contributed by atoms with Gasteiger partial charge in [-0.1, -0.05) is 48.5 Å². The first-order valence-electron chi connectivity index (χ1n) is 10.4. The Labute approximate surface area is 185 Å². The van der Waals surface area contributed by atoms with Crippen LogP contribution in [0.3, 0.4) is 0 Å². The second-order valence-electron chi connectivity index (χ2n) is 8.32. The molecule has 31 heavy (non-hydrogen) atoms. The molecule has 0 unspecified atom stereocenters. The van der Waals surface area contributed by atoms with Crippen LogP contribution in [-0.4, -0.2) is 17.8 Å². The van der Waals surface area contributed by atoms with Gasteiger partial charge in [0, 0.05) is 17.2 Å². The molecule has 0 bridgehead atoms. The van der Waals surface area contributed by atoms with Gasteiger partial charge in [0.1, 0.15) is 19.3 Å². The predicted molar refractivity (Wildman–Crippen MR) is 126 cm³/mol. The van der Waals surface area contributed by atoms with Gasteiger partial charge in [-0.2, -0.15) is 0 Å². The van der Waals surface area contributed by atoms with Crippen molar-refractivity contribution in [3.8, 4) is 11.5 Å². The van der Waals surface area contributed by atoms with E-state index in [2.05, 4.69) is 55.2 Å². The number of hydrogen-bond donors (Lipinski definition) is 0. The van der Waals surface area contributed by atoms with Crippen LogP contribution in [0, 0.1) is 6.92 Å². The number of benzene rings is 2. The lowest BCUT2D eigenvalue weighted by atomic mass is 9.82. The molecule has 152 valence electrons. The van der Waals surface area contributed by atoms with Crippen molar-refractivity contribution in [3.63, 3.8) is 0 Å². The van der Waals surface area contributed by atoms with Crippen LogP contribution in [0.25, 0.3) is 0 Å². The Morgan fingerprint density at radius 2 is 1.39 bits per heavy atom. The van der Waals surface area contributed by atoms with E-state index in [0.29, 0.717) is 11.3 Å². The topological polar surface area (TPSA) is 35.0 Å². The van der Waals surface area contributed by atoms with Crippen molar-refractivity contribution in [2.75, 3.05) is 0 Å². The van der Waals surface area contributed by atoms with Gasteiger partial charge in [0.05, 0.1) is 11.4 Å². The molecular weight excluding hydrogens is 379 g/mol. The molecule has 0 saturated heterocycles. The maximum atomic E-state index is 6.14. The number of hydrogen-bond acceptors (Lipinski definition) is 3. The largest absolute Gasteiger partial charge is 0.457 e. The second-order valence-corrected chi connectivity index (χ2v) is 8.32. The van der Waals surface area contributed by atoms with Gasteiger partial charge in [-0.05, 0) is 74.2 Å². The fraction of sp³-hybridized carbons (Fsp3) is 0.185. The van der Waals surface area contributed by atoms with E-state index < -0.39 is 5.41 Å². The van der Waals surface area contributed by atoms with E-state index in [4.69, 9.17) is 17.6 Å². The number of pyridine rings is 2. The van der Waals surface area contributed by atoms with Crippen molar-refractivity contribution in [1.29, 1.82) is 0 Å². The standard InChI is InChI=1S/C27H25BN2O/c1-19-14-21(15-20-10-6-4-7-11-20)16-24(29-19)27(2,3)25-17-23(18-26(28)30-25)31-22-12-8-5-9-13-22/h4-14,16-18H,15H2,1-3H3. The minimum atomic E-state index is -0.443. The Morgan fingerprint density at radius 1 is 0.742 bits per heavy atom. The molecular formula is C27H25BN2O. The zero-order chi connectivity index (χ0) is 21.8. The molecule has 2 heterocycles. The highest BCUT2D eigenvalue weighted by atomic mass is 16.5. The molecule has 0 fully saturated rings. The molecule has 0 atom stereocenters. The first-order valence-corrected chi connectivity index (χ1v) is 10.4. The fourth-order valence-electron chi connectivity index (χ4n) is 3.65. The molecule has 0 aliphatic carbocycles. The van der Waals surface area contributed by atoms with Crippen LogP contribution in [0.4, 0.5) is 0 Å². The fourth-order valence-corrected chi connectivity index (χ4v) is 3.65. The van der Waals surface area contributed by atoms with Crippen molar-refractivity contribution in [1.82, 2.24) is 9.97 Å². The molecule has 3 nitrogen and oxygen atoms in total. The smallest absolute Gasteiger partial charge is 0.141 e. The lowest BCUT2D eigenvalue weighted by Crippen LogP contribution is -2.26. The van der Waals surface area contributed by atoms with Gasteiger partial charge in [0.15, 0.2) is 0 Å². The summed E-state index contributed by atoms with van der Waals surface area (Å²) < 4.78 is 6.02.